The Morgan fingerprint density at radius 2 is 1.70 bits per heavy atom. The van der Waals surface area contributed by atoms with Crippen molar-refractivity contribution in [2.24, 2.45) is 0 Å². The Kier molecular flexibility index (Phi) is 12.0. The van der Waals surface area contributed by atoms with Crippen LogP contribution in [0.2, 0.25) is 0 Å². The summed E-state index contributed by atoms with van der Waals surface area (Å²) in [5.41, 5.74) is 0. The Morgan fingerprint density at radius 1 is 1.05 bits per heavy atom. The summed E-state index contributed by atoms with van der Waals surface area (Å²) in [5.74, 6) is -6.27. The molecule has 0 bridgehead atoms. The molecule has 0 spiro atoms. The third kappa shape index (κ3) is 7.80. The molecule has 0 unspecified atom stereocenters. The maximum Gasteiger partial charge on any atom is 0.364 e. The van der Waals surface area contributed by atoms with Gasteiger partial charge in [0.2, 0.25) is 12.3 Å². The highest BCUT2D eigenvalue weighted by molar-refractivity contribution is 5.76. The molecule has 15 atom stereocenters. The van der Waals surface area contributed by atoms with Gasteiger partial charge in [-0.25, -0.2) is 4.79 Å². The highest BCUT2D eigenvalue weighted by Crippen LogP contribution is 2.38. The molecule has 3 heterocycles. The Hall–Kier alpha value is -2.56. The summed E-state index contributed by atoms with van der Waals surface area (Å²) in [5, 5.41) is 76.8. The zero-order valence-corrected chi connectivity index (χ0v) is 24.3. The molecule has 252 valence electrons. The minimum atomic E-state index is -2.85. The largest absolute Gasteiger partial charge is 0.477 e. The first-order valence-corrected chi connectivity index (χ1v) is 13.8. The molecule has 9 N–H and O–H groups in total. The predicted molar refractivity (Wildman–Crippen MR) is 138 cm³/mol. The molecule has 44 heavy (non-hydrogen) atoms. The number of aliphatic hydroxyl groups is 6. The van der Waals surface area contributed by atoms with Crippen LogP contribution in [0.25, 0.3) is 0 Å². The lowest BCUT2D eigenvalue weighted by Crippen LogP contribution is -2.71. The number of ether oxygens (including phenoxy) is 6. The van der Waals surface area contributed by atoms with E-state index in [4.69, 9.17) is 28.4 Å². The lowest BCUT2D eigenvalue weighted by molar-refractivity contribution is -0.364. The maximum atomic E-state index is 12.8. The molecular formula is C25H40N2O17. The summed E-state index contributed by atoms with van der Waals surface area (Å²) < 4.78 is 33.7. The monoisotopic (exact) mass is 640 g/mol. The van der Waals surface area contributed by atoms with Gasteiger partial charge in [-0.15, -0.1) is 0 Å². The molecule has 3 rings (SSSR count). The molecule has 0 aliphatic carbocycles. The number of carbonyl (C=O) groups is 4. The van der Waals surface area contributed by atoms with Crippen molar-refractivity contribution in [2.45, 2.75) is 126 Å². The minimum absolute atomic E-state index is 0.169. The Morgan fingerprint density at radius 3 is 2.25 bits per heavy atom. The smallest absolute Gasteiger partial charge is 0.364 e. The fraction of sp³-hybridized carbons (Fsp3) is 0.840. The van der Waals surface area contributed by atoms with Crippen molar-refractivity contribution >= 4 is 24.3 Å². The van der Waals surface area contributed by atoms with E-state index in [-0.39, 0.29) is 6.41 Å². The van der Waals surface area contributed by atoms with Crippen LogP contribution < -0.4 is 10.6 Å². The lowest BCUT2D eigenvalue weighted by Gasteiger charge is -2.51. The molecule has 0 aromatic heterocycles. The van der Waals surface area contributed by atoms with Gasteiger partial charge < -0.3 is 74.8 Å². The van der Waals surface area contributed by atoms with Gasteiger partial charge in [0.15, 0.2) is 18.7 Å². The first-order chi connectivity index (χ1) is 20.5. The minimum Gasteiger partial charge on any atom is -0.477 e. The molecule has 3 fully saturated rings. The molecule has 3 aliphatic rings. The summed E-state index contributed by atoms with van der Waals surface area (Å²) in [6, 6.07) is -2.97. The summed E-state index contributed by atoms with van der Waals surface area (Å²) in [6.45, 7) is 4.29. The van der Waals surface area contributed by atoms with Gasteiger partial charge in [-0.3, -0.25) is 14.4 Å². The van der Waals surface area contributed by atoms with Gasteiger partial charge in [0.05, 0.1) is 31.0 Å². The zero-order chi connectivity index (χ0) is 33.1. The molecule has 3 saturated heterocycles. The average molecular weight is 641 g/mol. The first kappa shape index (κ1) is 35.9. The van der Waals surface area contributed by atoms with E-state index in [0.717, 1.165) is 13.8 Å². The van der Waals surface area contributed by atoms with Crippen molar-refractivity contribution in [3.63, 3.8) is 0 Å². The number of aliphatic carboxylic acids is 1. The van der Waals surface area contributed by atoms with Gasteiger partial charge in [0.1, 0.15) is 42.7 Å². The van der Waals surface area contributed by atoms with E-state index >= 15 is 0 Å². The molecule has 0 saturated carbocycles. The highest BCUT2D eigenvalue weighted by Gasteiger charge is 2.60. The van der Waals surface area contributed by atoms with Crippen molar-refractivity contribution < 1.29 is 83.3 Å². The molecule has 19 nitrogen and oxygen atoms in total. The molecule has 2 amide bonds. The molecule has 19 heteroatoms. The van der Waals surface area contributed by atoms with E-state index in [2.05, 4.69) is 10.6 Å². The van der Waals surface area contributed by atoms with Crippen LogP contribution in [0, 0.1) is 0 Å². The first-order valence-electron chi connectivity index (χ1n) is 13.8. The summed E-state index contributed by atoms with van der Waals surface area (Å²) >= 11 is 0. The summed E-state index contributed by atoms with van der Waals surface area (Å²) in [7, 11) is 0. The Balaban J connectivity index is 2.06. The van der Waals surface area contributed by atoms with E-state index in [9.17, 15) is 54.9 Å². The standard InChI is InChI=1S/C25H40N2O17/c1-8(29)14(26-7-28)20-16(33)12(32)5-25(43-20,24(37)38)44-21-15(27-10(3)30)23(40-9(2)19(21)41-11(4)31)42-13-6-39-22(36)18(35)17(13)34/h7-9,12-23,29,32-36H,5-6H2,1-4H3,(H,26,28)(H,27,30)(H,37,38)/t8-,9+,12-,13+,14-,15+,16-,17-,18+,19-,20-,21+,22+,23-,25+/m0/s1. The van der Waals surface area contributed by atoms with Gasteiger partial charge in [0.25, 0.3) is 5.79 Å². The van der Waals surface area contributed by atoms with Crippen molar-refractivity contribution in [3.05, 3.63) is 0 Å². The average Bonchev–Trinajstić information content (AvgIpc) is 2.93. The number of carbonyl (C=O) groups excluding carboxylic acids is 3. The van der Waals surface area contributed by atoms with Gasteiger partial charge in [-0.05, 0) is 13.8 Å². The third-order valence-electron chi connectivity index (χ3n) is 7.54. The van der Waals surface area contributed by atoms with E-state index in [1.807, 2.05) is 0 Å². The second-order valence-corrected chi connectivity index (χ2v) is 10.9. The number of esters is 1. The second kappa shape index (κ2) is 14.7. The zero-order valence-electron chi connectivity index (χ0n) is 24.3. The van der Waals surface area contributed by atoms with Crippen LogP contribution in [0.15, 0.2) is 0 Å². The maximum absolute atomic E-state index is 12.8. The highest BCUT2D eigenvalue weighted by atomic mass is 16.8. The molecular weight excluding hydrogens is 600 g/mol. The third-order valence-corrected chi connectivity index (χ3v) is 7.54. The van der Waals surface area contributed by atoms with Crippen molar-refractivity contribution in [1.29, 1.82) is 0 Å². The molecule has 0 radical (unpaired) electrons. The Bertz CT molecular complexity index is 1030. The van der Waals surface area contributed by atoms with Gasteiger partial charge in [-0.1, -0.05) is 0 Å². The number of hydrogen-bond acceptors (Lipinski definition) is 16. The quantitative estimate of drug-likeness (QED) is 0.0753. The van der Waals surface area contributed by atoms with Crippen LogP contribution in [0.3, 0.4) is 0 Å². The Labute approximate surface area is 250 Å². The number of amides is 2. The molecule has 0 aromatic rings. The summed E-state index contributed by atoms with van der Waals surface area (Å²) in [4.78, 5) is 48.4. The molecule has 0 aromatic carbocycles. The van der Waals surface area contributed by atoms with Crippen LogP contribution in [0.5, 0.6) is 0 Å². The van der Waals surface area contributed by atoms with Crippen LogP contribution in [0.1, 0.15) is 34.1 Å². The lowest BCUT2D eigenvalue weighted by atomic mass is 9.89. The normalized spacial score (nSPS) is 42.4. The number of rotatable bonds is 11. The van der Waals surface area contributed by atoms with E-state index in [1.54, 1.807) is 0 Å². The number of aliphatic hydroxyl groups excluding tert-OH is 6. The van der Waals surface area contributed by atoms with Crippen LogP contribution in [-0.4, -0.2) is 158 Å². The number of hydrogen-bond donors (Lipinski definition) is 9. The fourth-order valence-electron chi connectivity index (χ4n) is 5.38. The van der Waals surface area contributed by atoms with E-state index in [1.165, 1.54) is 13.8 Å². The van der Waals surface area contributed by atoms with Crippen molar-refractivity contribution in [3.8, 4) is 0 Å². The number of carboxylic acid groups (broad SMARTS) is 1. The predicted octanol–water partition coefficient (Wildman–Crippen LogP) is -5.20. The van der Waals surface area contributed by atoms with Gasteiger partial charge in [0, 0.05) is 20.3 Å². The second-order valence-electron chi connectivity index (χ2n) is 10.9. The van der Waals surface area contributed by atoms with Crippen LogP contribution in [-0.2, 0) is 47.6 Å². The van der Waals surface area contributed by atoms with Crippen LogP contribution in [0.4, 0.5) is 0 Å². The van der Waals surface area contributed by atoms with Gasteiger partial charge in [-0.2, -0.15) is 0 Å². The topological polar surface area (TPSA) is 289 Å². The van der Waals surface area contributed by atoms with Gasteiger partial charge >= 0.3 is 11.9 Å². The van der Waals surface area contributed by atoms with Crippen LogP contribution >= 0.6 is 0 Å². The van der Waals surface area contributed by atoms with E-state index < -0.39 is 122 Å². The number of carboxylic acids is 1. The summed E-state index contributed by atoms with van der Waals surface area (Å²) in [6.07, 6.45) is -20.1. The van der Waals surface area contributed by atoms with Crippen molar-refractivity contribution in [1.82, 2.24) is 10.6 Å². The SMILES string of the molecule is CC(=O)N[C@H]1[C@H](O[C@@H]2CO[C@@H](O)[C@H](O)[C@H]2O)O[C@H](C)[C@H](OC(C)=O)[C@@H]1O[C@@]1(C(=O)O)C[C@H](O)[C@H](O)[C@H]([C@@H](NC=O)[C@H](C)O)O1. The molecule has 3 aliphatic heterocycles. The van der Waals surface area contributed by atoms with E-state index in [0.29, 0.717) is 0 Å². The number of nitrogens with one attached hydrogen (secondary N) is 2. The van der Waals surface area contributed by atoms with Crippen molar-refractivity contribution in [2.75, 3.05) is 6.61 Å². The fourth-order valence-corrected chi connectivity index (χ4v) is 5.38.